The molecule has 1 aromatic heterocycles. The first-order valence-corrected chi connectivity index (χ1v) is 10.5. The van der Waals surface area contributed by atoms with Gasteiger partial charge in [-0.15, -0.1) is 24.0 Å². The van der Waals surface area contributed by atoms with Crippen molar-refractivity contribution in [1.29, 1.82) is 0 Å². The Kier molecular flexibility index (Phi) is 10.2. The van der Waals surface area contributed by atoms with Crippen LogP contribution in [0.1, 0.15) is 36.0 Å². The number of benzene rings is 1. The lowest BCUT2D eigenvalue weighted by atomic mass is 10.1. The molecule has 1 aliphatic rings. The van der Waals surface area contributed by atoms with Gasteiger partial charge in [-0.05, 0) is 61.9 Å². The predicted molar refractivity (Wildman–Crippen MR) is 135 cm³/mol. The van der Waals surface area contributed by atoms with E-state index in [1.807, 2.05) is 12.3 Å². The number of rotatable bonds is 7. The Balaban J connectivity index is 0.00000320. The summed E-state index contributed by atoms with van der Waals surface area (Å²) in [7, 11) is 3.52. The number of anilines is 1. The van der Waals surface area contributed by atoms with Crippen LogP contribution in [0.5, 0.6) is 5.75 Å². The smallest absolute Gasteiger partial charge is 0.191 e. The summed E-state index contributed by atoms with van der Waals surface area (Å²) in [5, 5.41) is 6.80. The lowest BCUT2D eigenvalue weighted by Gasteiger charge is -2.28. The third-order valence-corrected chi connectivity index (χ3v) is 5.30. The highest BCUT2D eigenvalue weighted by atomic mass is 127. The van der Waals surface area contributed by atoms with Gasteiger partial charge in [0.05, 0.1) is 7.11 Å². The average molecular weight is 523 g/mol. The number of pyridine rings is 1. The molecule has 7 heteroatoms. The predicted octanol–water partition coefficient (Wildman–Crippen LogP) is 3.91. The summed E-state index contributed by atoms with van der Waals surface area (Å²) < 4.78 is 5.47. The molecule has 0 spiro atoms. The Bertz CT molecular complexity index is 821. The minimum atomic E-state index is 0. The van der Waals surface area contributed by atoms with E-state index in [1.54, 1.807) is 14.2 Å². The Morgan fingerprint density at radius 3 is 2.67 bits per heavy atom. The molecule has 0 unspecified atom stereocenters. The van der Waals surface area contributed by atoms with Crippen LogP contribution in [0.25, 0.3) is 0 Å². The molecule has 1 aliphatic heterocycles. The van der Waals surface area contributed by atoms with Crippen molar-refractivity contribution in [3.05, 3.63) is 53.2 Å². The van der Waals surface area contributed by atoms with Crippen LogP contribution in [0.2, 0.25) is 0 Å². The van der Waals surface area contributed by atoms with Crippen molar-refractivity contribution < 1.29 is 4.74 Å². The lowest BCUT2D eigenvalue weighted by Crippen LogP contribution is -2.38. The Morgan fingerprint density at radius 1 is 1.13 bits per heavy atom. The molecule has 30 heavy (non-hydrogen) atoms. The van der Waals surface area contributed by atoms with Gasteiger partial charge in [0, 0.05) is 39.4 Å². The molecular formula is C23H34IN5O. The molecule has 0 bridgehead atoms. The number of nitrogens with one attached hydrogen (secondary N) is 2. The quantitative estimate of drug-likeness (QED) is 0.328. The van der Waals surface area contributed by atoms with E-state index in [1.165, 1.54) is 36.0 Å². The number of hydrogen-bond donors (Lipinski definition) is 2. The van der Waals surface area contributed by atoms with Crippen LogP contribution in [0.15, 0.2) is 41.5 Å². The van der Waals surface area contributed by atoms with Crippen LogP contribution in [0, 0.1) is 6.92 Å². The van der Waals surface area contributed by atoms with Crippen molar-refractivity contribution in [3.63, 3.8) is 0 Å². The first kappa shape index (κ1) is 24.2. The van der Waals surface area contributed by atoms with E-state index in [4.69, 9.17) is 4.74 Å². The number of methoxy groups -OCH3 is 1. The molecule has 0 atom stereocenters. The summed E-state index contributed by atoms with van der Waals surface area (Å²) in [4.78, 5) is 11.3. The van der Waals surface area contributed by atoms with Gasteiger partial charge in [0.25, 0.3) is 0 Å². The zero-order valence-electron chi connectivity index (χ0n) is 18.3. The topological polar surface area (TPSA) is 61.8 Å². The van der Waals surface area contributed by atoms with Crippen LogP contribution < -0.4 is 20.3 Å². The molecule has 2 N–H and O–H groups in total. The highest BCUT2D eigenvalue weighted by Gasteiger charge is 2.12. The largest absolute Gasteiger partial charge is 0.496 e. The second-order valence-corrected chi connectivity index (χ2v) is 7.49. The summed E-state index contributed by atoms with van der Waals surface area (Å²) in [6.45, 7) is 5.82. The Hall–Kier alpha value is -2.03. The van der Waals surface area contributed by atoms with Crippen LogP contribution >= 0.6 is 24.0 Å². The van der Waals surface area contributed by atoms with Crippen molar-refractivity contribution >= 4 is 35.8 Å². The number of aromatic nitrogens is 1. The number of aliphatic imine (C=N–C) groups is 1. The van der Waals surface area contributed by atoms with Gasteiger partial charge < -0.3 is 20.3 Å². The van der Waals surface area contributed by atoms with Crippen LogP contribution in [0.3, 0.4) is 0 Å². The number of aryl methyl sites for hydroxylation is 1. The molecule has 164 valence electrons. The minimum absolute atomic E-state index is 0. The average Bonchev–Trinajstić information content (AvgIpc) is 2.77. The second-order valence-electron chi connectivity index (χ2n) is 7.49. The number of nitrogens with zero attached hydrogens (tertiary/aromatic N) is 3. The van der Waals surface area contributed by atoms with E-state index in [0.717, 1.165) is 50.1 Å². The van der Waals surface area contributed by atoms with Crippen molar-refractivity contribution in [3.8, 4) is 5.75 Å². The molecule has 0 aliphatic carbocycles. The Labute approximate surface area is 197 Å². The first-order valence-electron chi connectivity index (χ1n) is 10.5. The minimum Gasteiger partial charge on any atom is -0.496 e. The molecule has 1 fully saturated rings. The first-order chi connectivity index (χ1) is 14.2. The zero-order valence-corrected chi connectivity index (χ0v) is 20.6. The van der Waals surface area contributed by atoms with E-state index >= 15 is 0 Å². The summed E-state index contributed by atoms with van der Waals surface area (Å²) in [5.41, 5.74) is 3.66. The maximum absolute atomic E-state index is 5.47. The van der Waals surface area contributed by atoms with Crippen molar-refractivity contribution in [2.45, 2.75) is 39.2 Å². The molecule has 1 aromatic carbocycles. The third kappa shape index (κ3) is 7.04. The van der Waals surface area contributed by atoms with Gasteiger partial charge in [0.2, 0.25) is 0 Å². The van der Waals surface area contributed by atoms with Gasteiger partial charge >= 0.3 is 0 Å². The number of piperidine rings is 1. The lowest BCUT2D eigenvalue weighted by molar-refractivity contribution is 0.409. The maximum Gasteiger partial charge on any atom is 0.191 e. The van der Waals surface area contributed by atoms with Gasteiger partial charge in [0.1, 0.15) is 11.6 Å². The molecular weight excluding hydrogens is 489 g/mol. The molecule has 3 rings (SSSR count). The fourth-order valence-corrected chi connectivity index (χ4v) is 3.69. The summed E-state index contributed by atoms with van der Waals surface area (Å²) in [6, 6.07) is 10.5. The molecule has 6 nitrogen and oxygen atoms in total. The van der Waals surface area contributed by atoms with Gasteiger partial charge in [0.15, 0.2) is 5.96 Å². The van der Waals surface area contributed by atoms with Gasteiger partial charge in [-0.2, -0.15) is 0 Å². The van der Waals surface area contributed by atoms with Crippen LogP contribution in [-0.4, -0.2) is 44.7 Å². The van der Waals surface area contributed by atoms with Crippen LogP contribution in [-0.2, 0) is 13.0 Å². The monoisotopic (exact) mass is 523 g/mol. The van der Waals surface area contributed by atoms with E-state index in [-0.39, 0.29) is 24.0 Å². The second kappa shape index (κ2) is 12.6. The van der Waals surface area contributed by atoms with Crippen molar-refractivity contribution in [2.24, 2.45) is 4.99 Å². The van der Waals surface area contributed by atoms with Gasteiger partial charge in [-0.1, -0.05) is 17.7 Å². The summed E-state index contributed by atoms with van der Waals surface area (Å²) in [5.74, 6) is 2.81. The molecule has 0 radical (unpaired) electrons. The zero-order chi connectivity index (χ0) is 20.5. The molecule has 0 amide bonds. The highest BCUT2D eigenvalue weighted by molar-refractivity contribution is 14.0. The van der Waals surface area contributed by atoms with E-state index in [9.17, 15) is 0 Å². The number of halogens is 1. The van der Waals surface area contributed by atoms with Crippen molar-refractivity contribution in [1.82, 2.24) is 15.6 Å². The fraction of sp³-hybridized carbons (Fsp3) is 0.478. The molecule has 2 aromatic rings. The molecule has 1 saturated heterocycles. The fourth-order valence-electron chi connectivity index (χ4n) is 3.69. The normalized spacial score (nSPS) is 14.1. The van der Waals surface area contributed by atoms with Crippen molar-refractivity contribution in [2.75, 3.05) is 38.7 Å². The third-order valence-electron chi connectivity index (χ3n) is 5.30. The highest BCUT2D eigenvalue weighted by Crippen LogP contribution is 2.20. The SMILES string of the molecule is CN=C(NCCc1cc(C)ccc1OC)NCc1ccnc(N2CCCCC2)c1.I. The number of ether oxygens (including phenoxy) is 1. The number of hydrogen-bond acceptors (Lipinski definition) is 4. The summed E-state index contributed by atoms with van der Waals surface area (Å²) >= 11 is 0. The maximum atomic E-state index is 5.47. The van der Waals surface area contributed by atoms with E-state index in [0.29, 0.717) is 0 Å². The molecule has 0 saturated carbocycles. The van der Waals surface area contributed by atoms with E-state index in [2.05, 4.69) is 56.7 Å². The summed E-state index contributed by atoms with van der Waals surface area (Å²) in [6.07, 6.45) is 6.62. The van der Waals surface area contributed by atoms with Gasteiger partial charge in [-0.3, -0.25) is 4.99 Å². The van der Waals surface area contributed by atoms with Crippen LogP contribution in [0.4, 0.5) is 5.82 Å². The van der Waals surface area contributed by atoms with Gasteiger partial charge in [-0.25, -0.2) is 4.98 Å². The number of guanidine groups is 1. The Morgan fingerprint density at radius 2 is 1.93 bits per heavy atom. The molecule has 2 heterocycles. The van der Waals surface area contributed by atoms with E-state index < -0.39 is 0 Å². The standard InChI is InChI=1S/C23H33N5O.HI/c1-18-7-8-21(29-3)20(15-18)10-12-26-23(24-2)27-17-19-9-11-25-22(16-19)28-13-5-4-6-14-28;/h7-9,11,15-16H,4-6,10,12-14,17H2,1-3H3,(H2,24,26,27);1H.